The fourth-order valence-corrected chi connectivity index (χ4v) is 3.96. The van der Waals surface area contributed by atoms with Gasteiger partial charge in [-0.15, -0.1) is 0 Å². The number of hydrogen-bond acceptors (Lipinski definition) is 4. The molecular formula is C17H16Cl3NO3. The molecule has 0 N–H and O–H groups in total. The summed E-state index contributed by atoms with van der Waals surface area (Å²) in [6.07, 6.45) is 2.93. The average Bonchev–Trinajstić information content (AvgIpc) is 2.89. The van der Waals surface area contributed by atoms with E-state index in [0.29, 0.717) is 37.6 Å². The molecule has 0 radical (unpaired) electrons. The van der Waals surface area contributed by atoms with E-state index in [1.54, 1.807) is 19.1 Å². The molecule has 0 spiro atoms. The Labute approximate surface area is 155 Å². The van der Waals surface area contributed by atoms with Gasteiger partial charge in [-0.05, 0) is 31.9 Å². The Bertz CT molecular complexity index is 773. The number of hydrogen-bond donors (Lipinski definition) is 0. The van der Waals surface area contributed by atoms with Gasteiger partial charge in [0.15, 0.2) is 5.76 Å². The van der Waals surface area contributed by atoms with Crippen LogP contribution in [0.4, 0.5) is 0 Å². The van der Waals surface area contributed by atoms with Crippen LogP contribution >= 0.6 is 34.8 Å². The highest BCUT2D eigenvalue weighted by atomic mass is 35.5. The number of benzene rings is 1. The Kier molecular flexibility index (Phi) is 4.82. The van der Waals surface area contributed by atoms with E-state index in [1.165, 1.54) is 0 Å². The number of carbonyl (C=O) groups is 1. The molecule has 1 aliphatic carbocycles. The molecule has 24 heavy (non-hydrogen) atoms. The number of esters is 1. The smallest absolute Gasteiger partial charge is 0.344 e. The third-order valence-electron chi connectivity index (χ3n) is 4.42. The van der Waals surface area contributed by atoms with Crippen molar-refractivity contribution < 1.29 is 14.1 Å². The first kappa shape index (κ1) is 17.6. The van der Waals surface area contributed by atoms with Crippen molar-refractivity contribution in [1.82, 2.24) is 5.16 Å². The highest BCUT2D eigenvalue weighted by molar-refractivity contribution is 6.42. The SMILES string of the molecule is CCOC(=O)c1c(-c2c(Cl)cc(Cl)cc2Cl)noc1C1(C)CCC1. The predicted molar refractivity (Wildman–Crippen MR) is 94.1 cm³/mol. The second kappa shape index (κ2) is 6.58. The van der Waals surface area contributed by atoms with E-state index in [0.717, 1.165) is 19.3 Å². The van der Waals surface area contributed by atoms with E-state index in [-0.39, 0.29) is 12.0 Å². The minimum absolute atomic E-state index is 0.223. The molecule has 0 amide bonds. The van der Waals surface area contributed by atoms with Gasteiger partial charge in [-0.1, -0.05) is 53.3 Å². The van der Waals surface area contributed by atoms with Gasteiger partial charge in [0.1, 0.15) is 11.3 Å². The van der Waals surface area contributed by atoms with Crippen LogP contribution in [0.2, 0.25) is 15.1 Å². The maximum atomic E-state index is 12.6. The molecule has 0 atom stereocenters. The van der Waals surface area contributed by atoms with Gasteiger partial charge in [0.05, 0.1) is 16.7 Å². The molecule has 0 aliphatic heterocycles. The number of nitrogens with zero attached hydrogens (tertiary/aromatic N) is 1. The van der Waals surface area contributed by atoms with Crippen LogP contribution in [0.25, 0.3) is 11.3 Å². The number of rotatable bonds is 4. The van der Waals surface area contributed by atoms with E-state index < -0.39 is 5.97 Å². The number of halogens is 3. The third kappa shape index (κ3) is 2.92. The Morgan fingerprint density at radius 3 is 2.42 bits per heavy atom. The largest absolute Gasteiger partial charge is 0.462 e. The van der Waals surface area contributed by atoms with Crippen molar-refractivity contribution in [2.24, 2.45) is 0 Å². The zero-order valence-electron chi connectivity index (χ0n) is 13.3. The summed E-state index contributed by atoms with van der Waals surface area (Å²) < 4.78 is 10.8. The van der Waals surface area contributed by atoms with Crippen molar-refractivity contribution >= 4 is 40.8 Å². The van der Waals surface area contributed by atoms with Gasteiger partial charge in [0.25, 0.3) is 0 Å². The first-order valence-corrected chi connectivity index (χ1v) is 8.83. The van der Waals surface area contributed by atoms with E-state index in [2.05, 4.69) is 12.1 Å². The molecule has 0 bridgehead atoms. The average molecular weight is 389 g/mol. The molecule has 3 rings (SSSR count). The highest BCUT2D eigenvalue weighted by Crippen LogP contribution is 2.48. The fourth-order valence-electron chi connectivity index (χ4n) is 2.97. The normalized spacial score (nSPS) is 15.9. The quantitative estimate of drug-likeness (QED) is 0.610. The van der Waals surface area contributed by atoms with Crippen molar-refractivity contribution in [3.05, 3.63) is 38.5 Å². The van der Waals surface area contributed by atoms with Crippen LogP contribution in [0.3, 0.4) is 0 Å². The number of carbonyl (C=O) groups excluding carboxylic acids is 1. The summed E-state index contributed by atoms with van der Waals surface area (Å²) in [5.74, 6) is 0.0447. The Hall–Kier alpha value is -1.23. The lowest BCUT2D eigenvalue weighted by atomic mass is 9.67. The summed E-state index contributed by atoms with van der Waals surface area (Å²) in [5, 5.41) is 5.11. The summed E-state index contributed by atoms with van der Waals surface area (Å²) in [6, 6.07) is 3.11. The number of ether oxygens (including phenoxy) is 1. The van der Waals surface area contributed by atoms with Crippen LogP contribution in [0.15, 0.2) is 16.7 Å². The molecule has 2 aromatic rings. The van der Waals surface area contributed by atoms with Gasteiger partial charge in [-0.25, -0.2) is 4.79 Å². The lowest BCUT2D eigenvalue weighted by Crippen LogP contribution is -2.31. The molecule has 128 valence electrons. The molecule has 1 saturated carbocycles. The molecule has 7 heteroatoms. The maximum Gasteiger partial charge on any atom is 0.344 e. The minimum Gasteiger partial charge on any atom is -0.462 e. The van der Waals surface area contributed by atoms with Gasteiger partial charge in [-0.3, -0.25) is 0 Å². The monoisotopic (exact) mass is 387 g/mol. The molecule has 1 aromatic heterocycles. The topological polar surface area (TPSA) is 52.3 Å². The van der Waals surface area contributed by atoms with E-state index in [9.17, 15) is 4.79 Å². The zero-order valence-corrected chi connectivity index (χ0v) is 15.6. The standard InChI is InChI=1S/C17H16Cl3NO3/c1-3-23-16(22)13-14(12-10(19)7-9(18)8-11(12)20)21-24-15(13)17(2)5-4-6-17/h7-8H,3-6H2,1-2H3. The van der Waals surface area contributed by atoms with Gasteiger partial charge in [0.2, 0.25) is 0 Å². The molecule has 0 saturated heterocycles. The zero-order chi connectivity index (χ0) is 17.5. The maximum absolute atomic E-state index is 12.6. The highest BCUT2D eigenvalue weighted by Gasteiger charge is 2.43. The first-order valence-electron chi connectivity index (χ1n) is 7.69. The van der Waals surface area contributed by atoms with Crippen LogP contribution in [-0.2, 0) is 10.2 Å². The van der Waals surface area contributed by atoms with Crippen molar-refractivity contribution in [3.8, 4) is 11.3 Å². The number of aromatic nitrogens is 1. The van der Waals surface area contributed by atoms with Crippen molar-refractivity contribution in [1.29, 1.82) is 0 Å². The summed E-state index contributed by atoms with van der Waals surface area (Å²) in [6.45, 7) is 4.05. The lowest BCUT2D eigenvalue weighted by Gasteiger charge is -2.36. The van der Waals surface area contributed by atoms with Crippen LogP contribution < -0.4 is 0 Å². The van der Waals surface area contributed by atoms with Gasteiger partial charge >= 0.3 is 5.97 Å². The lowest BCUT2D eigenvalue weighted by molar-refractivity contribution is 0.0518. The molecule has 1 fully saturated rings. The Morgan fingerprint density at radius 1 is 1.29 bits per heavy atom. The van der Waals surface area contributed by atoms with Crippen molar-refractivity contribution in [2.75, 3.05) is 6.61 Å². The Balaban J connectivity index is 2.20. The second-order valence-electron chi connectivity index (χ2n) is 6.11. The van der Waals surface area contributed by atoms with E-state index >= 15 is 0 Å². The molecular weight excluding hydrogens is 373 g/mol. The van der Waals surface area contributed by atoms with Crippen molar-refractivity contribution in [3.63, 3.8) is 0 Å². The molecule has 4 nitrogen and oxygen atoms in total. The predicted octanol–water partition coefficient (Wildman–Crippen LogP) is 5.92. The summed E-state index contributed by atoms with van der Waals surface area (Å²) in [7, 11) is 0. The van der Waals surface area contributed by atoms with Crippen LogP contribution in [0.1, 0.15) is 49.2 Å². The Morgan fingerprint density at radius 2 is 1.92 bits per heavy atom. The first-order chi connectivity index (χ1) is 11.4. The summed E-state index contributed by atoms with van der Waals surface area (Å²) >= 11 is 18.6. The van der Waals surface area contributed by atoms with E-state index in [1.807, 2.05) is 0 Å². The van der Waals surface area contributed by atoms with Crippen LogP contribution in [-0.4, -0.2) is 17.7 Å². The van der Waals surface area contributed by atoms with E-state index in [4.69, 9.17) is 44.1 Å². The molecule has 1 heterocycles. The minimum atomic E-state index is -0.487. The van der Waals surface area contributed by atoms with Gasteiger partial charge in [-0.2, -0.15) is 0 Å². The molecule has 0 unspecified atom stereocenters. The van der Waals surface area contributed by atoms with Gasteiger partial charge < -0.3 is 9.26 Å². The van der Waals surface area contributed by atoms with Crippen molar-refractivity contribution in [2.45, 2.75) is 38.5 Å². The third-order valence-corrected chi connectivity index (χ3v) is 5.24. The fraction of sp³-hybridized carbons (Fsp3) is 0.412. The van der Waals surface area contributed by atoms with Crippen LogP contribution in [0, 0.1) is 0 Å². The molecule has 1 aliphatic rings. The van der Waals surface area contributed by atoms with Crippen LogP contribution in [0.5, 0.6) is 0 Å². The molecule has 1 aromatic carbocycles. The summed E-state index contributed by atoms with van der Waals surface area (Å²) in [4.78, 5) is 12.6. The second-order valence-corrected chi connectivity index (χ2v) is 7.37. The van der Waals surface area contributed by atoms with Gasteiger partial charge in [0, 0.05) is 16.0 Å². The summed E-state index contributed by atoms with van der Waals surface area (Å²) in [5.41, 5.74) is 0.788.